The Labute approximate surface area is 68.9 Å². The minimum atomic E-state index is 0.646. The molecule has 1 heterocycles. The number of rotatable bonds is 1. The molecule has 0 bridgehead atoms. The van der Waals surface area contributed by atoms with Crippen molar-refractivity contribution in [2.75, 3.05) is 27.2 Å². The molecule has 0 spiro atoms. The van der Waals surface area contributed by atoms with Gasteiger partial charge in [-0.05, 0) is 13.8 Å². The lowest BCUT2D eigenvalue weighted by atomic mass is 10.2. The zero-order valence-corrected chi connectivity index (χ0v) is 7.91. The van der Waals surface area contributed by atoms with Crippen molar-refractivity contribution in [2.45, 2.75) is 19.9 Å². The highest BCUT2D eigenvalue weighted by molar-refractivity contribution is 5.46. The standard InChI is InChI=1S/C8H18N3/c1-5-10-6-8(2)11(3,4)7-9-10/h7-8H,5-6H2,1-4H3/q+1. The number of hydrogen-bond donors (Lipinski definition) is 0. The van der Waals surface area contributed by atoms with Gasteiger partial charge in [0, 0.05) is 6.54 Å². The van der Waals surface area contributed by atoms with E-state index in [1.807, 2.05) is 6.34 Å². The number of nitrogens with zero attached hydrogens (tertiary/aromatic N) is 3. The summed E-state index contributed by atoms with van der Waals surface area (Å²) in [6, 6.07) is 0.646. The summed E-state index contributed by atoms with van der Waals surface area (Å²) in [4.78, 5) is 0. The zero-order chi connectivity index (χ0) is 8.48. The highest BCUT2D eigenvalue weighted by Gasteiger charge is 2.27. The molecule has 1 unspecified atom stereocenters. The van der Waals surface area contributed by atoms with Gasteiger partial charge in [0.05, 0.1) is 20.6 Å². The van der Waals surface area contributed by atoms with E-state index in [1.54, 1.807) is 0 Å². The summed E-state index contributed by atoms with van der Waals surface area (Å²) >= 11 is 0. The monoisotopic (exact) mass is 156 g/mol. The van der Waals surface area contributed by atoms with E-state index in [9.17, 15) is 0 Å². The molecular formula is C8H18N3+. The van der Waals surface area contributed by atoms with Crippen LogP contribution >= 0.6 is 0 Å². The molecule has 1 rings (SSSR count). The first-order valence-corrected chi connectivity index (χ1v) is 4.19. The quantitative estimate of drug-likeness (QED) is 0.511. The van der Waals surface area contributed by atoms with Crippen LogP contribution in [0.2, 0.25) is 0 Å². The van der Waals surface area contributed by atoms with Crippen molar-refractivity contribution in [1.29, 1.82) is 0 Å². The first-order valence-electron chi connectivity index (χ1n) is 4.19. The van der Waals surface area contributed by atoms with Crippen LogP contribution in [-0.4, -0.2) is 49.1 Å². The topological polar surface area (TPSA) is 15.6 Å². The van der Waals surface area contributed by atoms with E-state index >= 15 is 0 Å². The second-order valence-electron chi connectivity index (χ2n) is 3.71. The highest BCUT2D eigenvalue weighted by Crippen LogP contribution is 2.10. The van der Waals surface area contributed by atoms with Crippen LogP contribution in [0.3, 0.4) is 0 Å². The molecule has 0 saturated carbocycles. The molecule has 0 N–H and O–H groups in total. The molecule has 1 aliphatic rings. The minimum absolute atomic E-state index is 0.646. The first kappa shape index (κ1) is 8.53. The smallest absolute Gasteiger partial charge is 0.207 e. The van der Waals surface area contributed by atoms with Gasteiger partial charge in [0.15, 0.2) is 0 Å². The van der Waals surface area contributed by atoms with Crippen molar-refractivity contribution in [3.05, 3.63) is 0 Å². The van der Waals surface area contributed by atoms with Gasteiger partial charge >= 0.3 is 0 Å². The maximum atomic E-state index is 4.33. The van der Waals surface area contributed by atoms with E-state index in [4.69, 9.17) is 0 Å². The van der Waals surface area contributed by atoms with Crippen LogP contribution in [0.15, 0.2) is 5.10 Å². The Morgan fingerprint density at radius 3 is 2.73 bits per heavy atom. The maximum absolute atomic E-state index is 4.33. The molecule has 64 valence electrons. The van der Waals surface area contributed by atoms with E-state index in [1.165, 1.54) is 0 Å². The Hall–Kier alpha value is -0.570. The summed E-state index contributed by atoms with van der Waals surface area (Å²) in [6.07, 6.45) is 2.01. The van der Waals surface area contributed by atoms with Crippen molar-refractivity contribution in [1.82, 2.24) is 5.01 Å². The van der Waals surface area contributed by atoms with Crippen molar-refractivity contribution >= 4 is 6.34 Å². The van der Waals surface area contributed by atoms with Crippen molar-refractivity contribution < 1.29 is 4.48 Å². The zero-order valence-electron chi connectivity index (χ0n) is 7.91. The SMILES string of the molecule is CCN1CC(C)[N+](C)(C)C=N1. The normalized spacial score (nSPS) is 29.1. The van der Waals surface area contributed by atoms with Crippen molar-refractivity contribution in [3.8, 4) is 0 Å². The Morgan fingerprint density at radius 1 is 1.64 bits per heavy atom. The molecule has 0 aromatic rings. The molecule has 0 amide bonds. The predicted octanol–water partition coefficient (Wildman–Crippen LogP) is 0.730. The Kier molecular flexibility index (Phi) is 2.18. The molecular weight excluding hydrogens is 138 g/mol. The number of quaternary nitrogens is 1. The lowest BCUT2D eigenvalue weighted by molar-refractivity contribution is -0.821. The van der Waals surface area contributed by atoms with Crippen molar-refractivity contribution in [3.63, 3.8) is 0 Å². The van der Waals surface area contributed by atoms with Crippen LogP contribution in [0.25, 0.3) is 0 Å². The number of hydrazone groups is 1. The van der Waals surface area contributed by atoms with Gasteiger partial charge in [-0.3, -0.25) is 9.49 Å². The molecule has 0 saturated heterocycles. The average Bonchev–Trinajstić information content (AvgIpc) is 1.95. The fourth-order valence-corrected chi connectivity index (χ4v) is 1.09. The van der Waals surface area contributed by atoms with Crippen LogP contribution in [0.5, 0.6) is 0 Å². The third-order valence-corrected chi connectivity index (χ3v) is 2.49. The van der Waals surface area contributed by atoms with Crippen LogP contribution in [0.1, 0.15) is 13.8 Å². The molecule has 11 heavy (non-hydrogen) atoms. The minimum Gasteiger partial charge on any atom is -0.287 e. The van der Waals surface area contributed by atoms with Gasteiger partial charge in [0.2, 0.25) is 6.34 Å². The third-order valence-electron chi connectivity index (χ3n) is 2.49. The van der Waals surface area contributed by atoms with Gasteiger partial charge in [0.25, 0.3) is 0 Å². The average molecular weight is 156 g/mol. The molecule has 0 radical (unpaired) electrons. The van der Waals surface area contributed by atoms with Gasteiger partial charge in [-0.1, -0.05) is 0 Å². The molecule has 0 aliphatic carbocycles. The summed E-state index contributed by atoms with van der Waals surface area (Å²) in [7, 11) is 4.36. The third kappa shape index (κ3) is 1.71. The van der Waals surface area contributed by atoms with Gasteiger partial charge in [-0.2, -0.15) is 0 Å². The van der Waals surface area contributed by atoms with Crippen molar-refractivity contribution in [2.24, 2.45) is 5.10 Å². The Bertz CT molecular complexity index is 163. The number of likely N-dealkylation sites (N-methyl/N-ethyl adjacent to an activating group) is 2. The molecule has 1 atom stereocenters. The maximum Gasteiger partial charge on any atom is 0.207 e. The highest BCUT2D eigenvalue weighted by atomic mass is 15.5. The predicted molar refractivity (Wildman–Crippen MR) is 47.3 cm³/mol. The lowest BCUT2D eigenvalue weighted by Crippen LogP contribution is -2.54. The van der Waals surface area contributed by atoms with E-state index in [0.717, 1.165) is 17.6 Å². The summed E-state index contributed by atoms with van der Waals surface area (Å²) < 4.78 is 0.899. The van der Waals surface area contributed by atoms with Gasteiger partial charge in [-0.15, -0.1) is 5.10 Å². The summed E-state index contributed by atoms with van der Waals surface area (Å²) in [5, 5.41) is 6.44. The first-order chi connectivity index (χ1) is 5.06. The van der Waals surface area contributed by atoms with Gasteiger partial charge < -0.3 is 0 Å². The molecule has 1 aliphatic heterocycles. The van der Waals surface area contributed by atoms with E-state index < -0.39 is 0 Å². The number of hydrogen-bond acceptors (Lipinski definition) is 2. The second kappa shape index (κ2) is 2.81. The van der Waals surface area contributed by atoms with Gasteiger partial charge in [-0.25, -0.2) is 0 Å². The fourth-order valence-electron chi connectivity index (χ4n) is 1.09. The van der Waals surface area contributed by atoms with Gasteiger partial charge in [0.1, 0.15) is 6.04 Å². The Balaban J connectivity index is 2.67. The molecule has 0 fully saturated rings. The summed E-state index contributed by atoms with van der Waals surface area (Å²) in [5.74, 6) is 0. The molecule has 3 nitrogen and oxygen atoms in total. The molecule has 3 heteroatoms. The van der Waals surface area contributed by atoms with Crippen LogP contribution < -0.4 is 0 Å². The summed E-state index contributed by atoms with van der Waals surface area (Å²) in [5.41, 5.74) is 0. The van der Waals surface area contributed by atoms with E-state index in [2.05, 4.69) is 38.1 Å². The Morgan fingerprint density at radius 2 is 2.27 bits per heavy atom. The largest absolute Gasteiger partial charge is 0.287 e. The van der Waals surface area contributed by atoms with Crippen LogP contribution in [-0.2, 0) is 0 Å². The molecule has 0 aromatic carbocycles. The van der Waals surface area contributed by atoms with Crippen LogP contribution in [0.4, 0.5) is 0 Å². The summed E-state index contributed by atoms with van der Waals surface area (Å²) in [6.45, 7) is 6.48. The van der Waals surface area contributed by atoms with E-state index in [-0.39, 0.29) is 0 Å². The van der Waals surface area contributed by atoms with Crippen LogP contribution in [0, 0.1) is 0 Å². The molecule has 0 aromatic heterocycles. The lowest BCUT2D eigenvalue weighted by Gasteiger charge is -2.37. The van der Waals surface area contributed by atoms with E-state index in [0.29, 0.717) is 6.04 Å². The second-order valence-corrected chi connectivity index (χ2v) is 3.71. The fraction of sp³-hybridized carbons (Fsp3) is 0.875.